The highest BCUT2D eigenvalue weighted by molar-refractivity contribution is 5.67. The van der Waals surface area contributed by atoms with E-state index in [0.29, 0.717) is 5.92 Å². The lowest BCUT2D eigenvalue weighted by molar-refractivity contribution is 0.0484. The molecule has 0 saturated carbocycles. The van der Waals surface area contributed by atoms with Gasteiger partial charge in [-0.3, -0.25) is 10.4 Å². The van der Waals surface area contributed by atoms with Crippen LogP contribution in [0.4, 0.5) is 4.79 Å². The number of nitrogens with zero attached hydrogens (tertiary/aromatic N) is 1. The summed E-state index contributed by atoms with van der Waals surface area (Å²) < 4.78 is 5.20. The molecule has 0 saturated heterocycles. The number of carbonyl (C=O) groups excluding carboxylic acids is 1. The van der Waals surface area contributed by atoms with Crippen molar-refractivity contribution < 1.29 is 9.53 Å². The Morgan fingerprint density at radius 2 is 2.05 bits per heavy atom. The predicted octanol–water partition coefficient (Wildman–Crippen LogP) is 3.20. The number of hydrogen-bond donors (Lipinski definition) is 2. The van der Waals surface area contributed by atoms with Gasteiger partial charge in [0.2, 0.25) is 0 Å². The van der Waals surface area contributed by atoms with Crippen LogP contribution < -0.4 is 10.9 Å². The highest BCUT2D eigenvalue weighted by atomic mass is 16.6. The molecule has 1 aromatic rings. The summed E-state index contributed by atoms with van der Waals surface area (Å²) in [5, 5.41) is 0. The third-order valence-corrected chi connectivity index (χ3v) is 2.50. The first kappa shape index (κ1) is 16.4. The van der Waals surface area contributed by atoms with Crippen LogP contribution in [0.1, 0.15) is 52.8 Å². The molecule has 0 aliphatic carbocycles. The summed E-state index contributed by atoms with van der Waals surface area (Å²) in [4.78, 5) is 16.0. The first-order chi connectivity index (χ1) is 9.28. The van der Waals surface area contributed by atoms with Crippen LogP contribution in [-0.2, 0) is 4.74 Å². The molecule has 0 spiro atoms. The molecule has 20 heavy (non-hydrogen) atoms. The Bertz CT molecular complexity index is 413. The summed E-state index contributed by atoms with van der Waals surface area (Å²) in [7, 11) is 0. The topological polar surface area (TPSA) is 63.2 Å². The molecule has 0 bridgehead atoms. The van der Waals surface area contributed by atoms with Crippen molar-refractivity contribution in [2.75, 3.05) is 0 Å². The van der Waals surface area contributed by atoms with E-state index in [-0.39, 0.29) is 6.04 Å². The molecular weight excluding hydrogens is 254 g/mol. The van der Waals surface area contributed by atoms with Gasteiger partial charge in [-0.1, -0.05) is 19.9 Å². The molecule has 0 radical (unpaired) electrons. The highest BCUT2D eigenvalue weighted by Gasteiger charge is 2.19. The van der Waals surface area contributed by atoms with Gasteiger partial charge in [0.1, 0.15) is 5.60 Å². The number of ether oxygens (including phenoxy) is 1. The van der Waals surface area contributed by atoms with E-state index >= 15 is 0 Å². The van der Waals surface area contributed by atoms with Crippen LogP contribution in [-0.4, -0.2) is 16.7 Å². The van der Waals surface area contributed by atoms with Crippen LogP contribution in [0.5, 0.6) is 0 Å². The van der Waals surface area contributed by atoms with Crippen LogP contribution in [0.2, 0.25) is 0 Å². The van der Waals surface area contributed by atoms with Crippen molar-refractivity contribution in [1.29, 1.82) is 0 Å². The molecular formula is C15H25N3O2. The van der Waals surface area contributed by atoms with Crippen LogP contribution in [0.15, 0.2) is 24.4 Å². The van der Waals surface area contributed by atoms with E-state index in [1.165, 1.54) is 0 Å². The standard InChI is InChI=1S/C15H25N3O2/c1-11(2)10-13(12-8-6-7-9-16-12)17-18-14(19)20-15(3,4)5/h6-9,11,13,17H,10H2,1-5H3,(H,18,19). The minimum atomic E-state index is -0.510. The minimum absolute atomic E-state index is 0.0382. The highest BCUT2D eigenvalue weighted by Crippen LogP contribution is 2.18. The number of hydrazine groups is 1. The number of carbonyl (C=O) groups is 1. The molecule has 5 nitrogen and oxygen atoms in total. The number of nitrogens with one attached hydrogen (secondary N) is 2. The SMILES string of the molecule is CC(C)CC(NNC(=O)OC(C)(C)C)c1ccccn1. The van der Waals surface area contributed by atoms with Crippen LogP contribution in [0.25, 0.3) is 0 Å². The first-order valence-corrected chi connectivity index (χ1v) is 6.93. The number of rotatable bonds is 5. The quantitative estimate of drug-likeness (QED) is 0.812. The van der Waals surface area contributed by atoms with Crippen LogP contribution >= 0.6 is 0 Å². The van der Waals surface area contributed by atoms with Crippen LogP contribution in [0.3, 0.4) is 0 Å². The fourth-order valence-electron chi connectivity index (χ4n) is 1.76. The lowest BCUT2D eigenvalue weighted by Gasteiger charge is -2.23. The third-order valence-electron chi connectivity index (χ3n) is 2.50. The average Bonchev–Trinajstić information content (AvgIpc) is 2.33. The molecule has 0 aromatic carbocycles. The smallest absolute Gasteiger partial charge is 0.422 e. The molecule has 5 heteroatoms. The van der Waals surface area contributed by atoms with Gasteiger partial charge in [-0.05, 0) is 45.2 Å². The lowest BCUT2D eigenvalue weighted by Crippen LogP contribution is -2.43. The lowest BCUT2D eigenvalue weighted by atomic mass is 10.0. The van der Waals surface area contributed by atoms with Crippen molar-refractivity contribution in [3.05, 3.63) is 30.1 Å². The zero-order chi connectivity index (χ0) is 15.2. The molecule has 0 fully saturated rings. The Morgan fingerprint density at radius 3 is 2.55 bits per heavy atom. The van der Waals surface area contributed by atoms with Crippen molar-refractivity contribution in [3.8, 4) is 0 Å². The Morgan fingerprint density at radius 1 is 1.35 bits per heavy atom. The third kappa shape index (κ3) is 6.52. The number of aromatic nitrogens is 1. The monoisotopic (exact) mass is 279 g/mol. The molecule has 1 atom stereocenters. The first-order valence-electron chi connectivity index (χ1n) is 6.93. The van der Waals surface area contributed by atoms with E-state index in [1.807, 2.05) is 39.0 Å². The Balaban J connectivity index is 2.60. The molecule has 2 N–H and O–H groups in total. The Kier molecular flexibility index (Phi) is 5.95. The van der Waals surface area contributed by atoms with Gasteiger partial charge in [-0.2, -0.15) is 0 Å². The summed E-state index contributed by atoms with van der Waals surface area (Å²) in [5.41, 5.74) is 5.99. The van der Waals surface area contributed by atoms with E-state index in [1.54, 1.807) is 6.20 Å². The maximum absolute atomic E-state index is 11.7. The second-order valence-corrected chi connectivity index (χ2v) is 6.21. The van der Waals surface area contributed by atoms with E-state index in [9.17, 15) is 4.79 Å². The summed E-state index contributed by atoms with van der Waals surface area (Å²) in [5.74, 6) is 0.481. The van der Waals surface area contributed by atoms with Gasteiger partial charge in [-0.25, -0.2) is 10.2 Å². The number of pyridine rings is 1. The van der Waals surface area contributed by atoms with Gasteiger partial charge in [0.25, 0.3) is 0 Å². The second kappa shape index (κ2) is 7.24. The largest absolute Gasteiger partial charge is 0.443 e. The predicted molar refractivity (Wildman–Crippen MR) is 78.9 cm³/mol. The molecule has 0 aliphatic heterocycles. The van der Waals surface area contributed by atoms with E-state index in [4.69, 9.17) is 4.74 Å². The van der Waals surface area contributed by atoms with E-state index < -0.39 is 11.7 Å². The fourth-order valence-corrected chi connectivity index (χ4v) is 1.76. The van der Waals surface area contributed by atoms with Crippen molar-refractivity contribution in [2.24, 2.45) is 5.92 Å². The van der Waals surface area contributed by atoms with Gasteiger partial charge in [-0.15, -0.1) is 0 Å². The number of amides is 1. The van der Waals surface area contributed by atoms with Crippen molar-refractivity contribution in [1.82, 2.24) is 15.8 Å². The summed E-state index contributed by atoms with van der Waals surface area (Å²) >= 11 is 0. The summed E-state index contributed by atoms with van der Waals surface area (Å²) in [6.07, 6.45) is 2.13. The normalized spacial score (nSPS) is 13.1. The van der Waals surface area contributed by atoms with Gasteiger partial charge in [0, 0.05) is 6.20 Å². The Hall–Kier alpha value is -1.62. The number of hydrogen-bond acceptors (Lipinski definition) is 4. The maximum Gasteiger partial charge on any atom is 0.422 e. The molecule has 0 aliphatic rings. The molecule has 1 amide bonds. The fraction of sp³-hybridized carbons (Fsp3) is 0.600. The zero-order valence-electron chi connectivity index (χ0n) is 12.9. The summed E-state index contributed by atoms with van der Waals surface area (Å²) in [6, 6.07) is 5.71. The van der Waals surface area contributed by atoms with Crippen LogP contribution in [0, 0.1) is 5.92 Å². The summed E-state index contributed by atoms with van der Waals surface area (Å²) in [6.45, 7) is 9.75. The average molecular weight is 279 g/mol. The molecule has 112 valence electrons. The van der Waals surface area contributed by atoms with Crippen molar-refractivity contribution >= 4 is 6.09 Å². The minimum Gasteiger partial charge on any atom is -0.443 e. The molecule has 1 rings (SSSR count). The maximum atomic E-state index is 11.7. The van der Waals surface area contributed by atoms with E-state index in [0.717, 1.165) is 12.1 Å². The Labute approximate surface area is 121 Å². The van der Waals surface area contributed by atoms with Gasteiger partial charge >= 0.3 is 6.09 Å². The van der Waals surface area contributed by atoms with Crippen molar-refractivity contribution in [3.63, 3.8) is 0 Å². The second-order valence-electron chi connectivity index (χ2n) is 6.21. The van der Waals surface area contributed by atoms with E-state index in [2.05, 4.69) is 29.7 Å². The van der Waals surface area contributed by atoms with Gasteiger partial charge < -0.3 is 4.74 Å². The molecule has 1 unspecified atom stereocenters. The molecule has 1 heterocycles. The van der Waals surface area contributed by atoms with Gasteiger partial charge in [0.05, 0.1) is 11.7 Å². The van der Waals surface area contributed by atoms with Crippen molar-refractivity contribution in [2.45, 2.75) is 52.7 Å². The van der Waals surface area contributed by atoms with Gasteiger partial charge in [0.15, 0.2) is 0 Å². The zero-order valence-corrected chi connectivity index (χ0v) is 12.9. The molecule has 1 aromatic heterocycles.